The molecule has 20 heavy (non-hydrogen) atoms. The molecule has 0 aliphatic heterocycles. The van der Waals surface area contributed by atoms with E-state index in [1.807, 2.05) is 43.3 Å². The lowest BCUT2D eigenvalue weighted by molar-refractivity contribution is 0.0950. The Morgan fingerprint density at radius 2 is 1.95 bits per heavy atom. The monoisotopic (exact) mass is 329 g/mol. The molecular formula is C17H16BrNO. The highest BCUT2D eigenvalue weighted by Gasteiger charge is 2.39. The highest BCUT2D eigenvalue weighted by molar-refractivity contribution is 9.10. The molecule has 1 saturated carbocycles. The zero-order valence-electron chi connectivity index (χ0n) is 11.3. The fourth-order valence-corrected chi connectivity index (χ4v) is 2.71. The van der Waals surface area contributed by atoms with Gasteiger partial charge in [-0.15, -0.1) is 0 Å². The van der Waals surface area contributed by atoms with Crippen molar-refractivity contribution < 1.29 is 4.79 Å². The van der Waals surface area contributed by atoms with Crippen molar-refractivity contribution >= 4 is 21.8 Å². The molecule has 1 fully saturated rings. The molecule has 2 aromatic carbocycles. The third kappa shape index (κ3) is 2.78. The van der Waals surface area contributed by atoms with E-state index in [0.29, 0.717) is 5.92 Å². The molecule has 2 unspecified atom stereocenters. The summed E-state index contributed by atoms with van der Waals surface area (Å²) >= 11 is 3.45. The first-order valence-corrected chi connectivity index (χ1v) is 7.56. The molecule has 0 spiro atoms. The van der Waals surface area contributed by atoms with Gasteiger partial charge in [0, 0.05) is 22.0 Å². The van der Waals surface area contributed by atoms with Crippen molar-refractivity contribution in [3.05, 3.63) is 69.7 Å². The number of hydrogen-bond acceptors (Lipinski definition) is 1. The maximum Gasteiger partial charge on any atom is 0.251 e. The van der Waals surface area contributed by atoms with E-state index in [-0.39, 0.29) is 11.9 Å². The number of amides is 1. The van der Waals surface area contributed by atoms with Crippen LogP contribution in [0, 0.1) is 6.92 Å². The topological polar surface area (TPSA) is 29.1 Å². The van der Waals surface area contributed by atoms with Crippen molar-refractivity contribution in [3.63, 3.8) is 0 Å². The van der Waals surface area contributed by atoms with E-state index in [1.54, 1.807) is 0 Å². The lowest BCUT2D eigenvalue weighted by atomic mass is 10.1. The van der Waals surface area contributed by atoms with Gasteiger partial charge in [-0.3, -0.25) is 4.79 Å². The molecular weight excluding hydrogens is 314 g/mol. The summed E-state index contributed by atoms with van der Waals surface area (Å²) in [5.74, 6) is 0.487. The number of aryl methyl sites for hydroxylation is 1. The molecule has 2 atom stereocenters. The maximum atomic E-state index is 12.2. The Labute approximate surface area is 127 Å². The van der Waals surface area contributed by atoms with E-state index in [2.05, 4.69) is 33.4 Å². The van der Waals surface area contributed by atoms with Crippen LogP contribution in [-0.2, 0) is 0 Å². The quantitative estimate of drug-likeness (QED) is 0.904. The zero-order chi connectivity index (χ0) is 14.1. The molecule has 0 heterocycles. The van der Waals surface area contributed by atoms with Crippen LogP contribution >= 0.6 is 15.9 Å². The molecule has 102 valence electrons. The summed E-state index contributed by atoms with van der Waals surface area (Å²) in [6.07, 6.45) is 1.03. The summed E-state index contributed by atoms with van der Waals surface area (Å²) in [5, 5.41) is 3.11. The lowest BCUT2D eigenvalue weighted by Crippen LogP contribution is -2.26. The van der Waals surface area contributed by atoms with Gasteiger partial charge < -0.3 is 5.32 Å². The van der Waals surface area contributed by atoms with Crippen molar-refractivity contribution in [1.29, 1.82) is 0 Å². The van der Waals surface area contributed by atoms with Crippen LogP contribution in [0.15, 0.2) is 53.0 Å². The number of carbonyl (C=O) groups is 1. The number of halogens is 1. The van der Waals surface area contributed by atoms with Gasteiger partial charge in [0.1, 0.15) is 0 Å². The number of rotatable bonds is 3. The van der Waals surface area contributed by atoms with E-state index in [9.17, 15) is 4.79 Å². The molecule has 1 amide bonds. The summed E-state index contributed by atoms with van der Waals surface area (Å²) in [6, 6.07) is 16.3. The van der Waals surface area contributed by atoms with Gasteiger partial charge in [-0.05, 0) is 42.7 Å². The van der Waals surface area contributed by atoms with Crippen LogP contribution in [0.25, 0.3) is 0 Å². The van der Waals surface area contributed by atoms with Gasteiger partial charge in [0.05, 0.1) is 0 Å². The standard InChI is InChI=1S/C17H16BrNO/c1-11-9-13(7-8-15(11)18)17(20)19-16-10-14(16)12-5-3-2-4-6-12/h2-9,14,16H,10H2,1H3,(H,19,20). The third-order valence-corrected chi connectivity index (χ3v) is 4.64. The molecule has 2 nitrogen and oxygen atoms in total. The van der Waals surface area contributed by atoms with Crippen LogP contribution in [-0.4, -0.2) is 11.9 Å². The molecule has 1 aliphatic rings. The van der Waals surface area contributed by atoms with Gasteiger partial charge in [0.15, 0.2) is 0 Å². The molecule has 3 heteroatoms. The van der Waals surface area contributed by atoms with Gasteiger partial charge >= 0.3 is 0 Å². The number of hydrogen-bond donors (Lipinski definition) is 1. The number of benzene rings is 2. The summed E-state index contributed by atoms with van der Waals surface area (Å²) in [5.41, 5.74) is 3.11. The van der Waals surface area contributed by atoms with E-state index >= 15 is 0 Å². The molecule has 0 saturated heterocycles. The second-order valence-electron chi connectivity index (χ2n) is 5.30. The largest absolute Gasteiger partial charge is 0.349 e. The van der Waals surface area contributed by atoms with Crippen molar-refractivity contribution in [2.75, 3.05) is 0 Å². The van der Waals surface area contributed by atoms with Crippen LogP contribution in [0.1, 0.15) is 33.8 Å². The van der Waals surface area contributed by atoms with E-state index in [4.69, 9.17) is 0 Å². The van der Waals surface area contributed by atoms with Crippen molar-refractivity contribution in [2.45, 2.75) is 25.3 Å². The Morgan fingerprint density at radius 1 is 1.20 bits per heavy atom. The highest BCUT2D eigenvalue weighted by Crippen LogP contribution is 2.40. The Kier molecular flexibility index (Phi) is 3.62. The Morgan fingerprint density at radius 3 is 2.65 bits per heavy atom. The fourth-order valence-electron chi connectivity index (χ4n) is 2.46. The second kappa shape index (κ2) is 5.41. The SMILES string of the molecule is Cc1cc(C(=O)NC2CC2c2ccccc2)ccc1Br. The zero-order valence-corrected chi connectivity index (χ0v) is 12.9. The average molecular weight is 330 g/mol. The molecule has 0 bridgehead atoms. The second-order valence-corrected chi connectivity index (χ2v) is 6.15. The Balaban J connectivity index is 1.65. The third-order valence-electron chi connectivity index (χ3n) is 3.75. The minimum absolute atomic E-state index is 0.0176. The Hall–Kier alpha value is -1.61. The smallest absolute Gasteiger partial charge is 0.251 e. The molecule has 3 rings (SSSR count). The van der Waals surface area contributed by atoms with Crippen LogP contribution in [0.3, 0.4) is 0 Å². The number of carbonyl (C=O) groups excluding carboxylic acids is 1. The van der Waals surface area contributed by atoms with Crippen molar-refractivity contribution in [1.82, 2.24) is 5.32 Å². The minimum atomic E-state index is 0.0176. The van der Waals surface area contributed by atoms with Crippen LogP contribution in [0.4, 0.5) is 0 Å². The lowest BCUT2D eigenvalue weighted by Gasteiger charge is -2.06. The summed E-state index contributed by atoms with van der Waals surface area (Å²) in [7, 11) is 0. The van der Waals surface area contributed by atoms with Gasteiger partial charge in [-0.2, -0.15) is 0 Å². The van der Waals surface area contributed by atoms with Crippen molar-refractivity contribution in [3.8, 4) is 0 Å². The van der Waals surface area contributed by atoms with E-state index < -0.39 is 0 Å². The average Bonchev–Trinajstić information content (AvgIpc) is 3.22. The Bertz CT molecular complexity index is 639. The minimum Gasteiger partial charge on any atom is -0.349 e. The van der Waals surface area contributed by atoms with Gasteiger partial charge in [-0.1, -0.05) is 46.3 Å². The van der Waals surface area contributed by atoms with Gasteiger partial charge in [0.2, 0.25) is 0 Å². The van der Waals surface area contributed by atoms with Gasteiger partial charge in [-0.25, -0.2) is 0 Å². The summed E-state index contributed by atoms with van der Waals surface area (Å²) in [4.78, 5) is 12.2. The van der Waals surface area contributed by atoms with Crippen LogP contribution in [0.2, 0.25) is 0 Å². The predicted molar refractivity (Wildman–Crippen MR) is 83.9 cm³/mol. The fraction of sp³-hybridized carbons (Fsp3) is 0.235. The summed E-state index contributed by atoms with van der Waals surface area (Å²) < 4.78 is 1.03. The highest BCUT2D eigenvalue weighted by atomic mass is 79.9. The van der Waals surface area contributed by atoms with E-state index in [1.165, 1.54) is 5.56 Å². The molecule has 2 aromatic rings. The predicted octanol–water partition coefficient (Wildman–Crippen LogP) is 4.04. The van der Waals surface area contributed by atoms with Gasteiger partial charge in [0.25, 0.3) is 5.91 Å². The number of nitrogens with one attached hydrogen (secondary N) is 1. The maximum absolute atomic E-state index is 12.2. The molecule has 0 aromatic heterocycles. The normalized spacial score (nSPS) is 20.5. The molecule has 1 N–H and O–H groups in total. The first kappa shape index (κ1) is 13.4. The summed E-state index contributed by atoms with van der Waals surface area (Å²) in [6.45, 7) is 1.99. The van der Waals surface area contributed by atoms with Crippen molar-refractivity contribution in [2.24, 2.45) is 0 Å². The van der Waals surface area contributed by atoms with Crippen LogP contribution < -0.4 is 5.32 Å². The van der Waals surface area contributed by atoms with Crippen LogP contribution in [0.5, 0.6) is 0 Å². The molecule has 1 aliphatic carbocycles. The first-order chi connectivity index (χ1) is 9.65. The van der Waals surface area contributed by atoms with E-state index in [0.717, 1.165) is 22.0 Å². The first-order valence-electron chi connectivity index (χ1n) is 6.77. The molecule has 0 radical (unpaired) electrons.